The van der Waals surface area contributed by atoms with Gasteiger partial charge in [0.1, 0.15) is 11.5 Å². The molecule has 3 aromatic heterocycles. The molecule has 1 N–H and O–H groups in total. The third kappa shape index (κ3) is 6.13. The Bertz CT molecular complexity index is 1350. The van der Waals surface area contributed by atoms with Crippen LogP contribution in [0.15, 0.2) is 30.9 Å². The number of aromatic nitrogens is 4. The number of hydrogen-bond acceptors (Lipinski definition) is 8. The minimum atomic E-state index is -3.18. The summed E-state index contributed by atoms with van der Waals surface area (Å²) < 4.78 is 26.0. The normalized spacial score (nSPS) is 18.5. The third-order valence-corrected chi connectivity index (χ3v) is 8.56. The van der Waals surface area contributed by atoms with Crippen LogP contribution in [0.25, 0.3) is 16.9 Å². The molecule has 0 radical (unpaired) electrons. The number of pyridine rings is 1. The molecular formula is C27H38N6O3S. The molecule has 2 saturated heterocycles. The summed E-state index contributed by atoms with van der Waals surface area (Å²) >= 11 is 0. The fourth-order valence-electron chi connectivity index (χ4n) is 5.64. The molecule has 0 spiro atoms. The van der Waals surface area contributed by atoms with E-state index in [1.807, 2.05) is 26.1 Å². The lowest BCUT2D eigenvalue weighted by atomic mass is 9.83. The van der Waals surface area contributed by atoms with Gasteiger partial charge in [-0.3, -0.25) is 14.3 Å². The zero-order chi connectivity index (χ0) is 26.2. The molecule has 2 fully saturated rings. The summed E-state index contributed by atoms with van der Waals surface area (Å²) in [4.78, 5) is 18.9. The molecule has 0 saturated carbocycles. The maximum atomic E-state index is 11.9. The number of imidazole rings is 1. The Morgan fingerprint density at radius 3 is 2.46 bits per heavy atom. The van der Waals surface area contributed by atoms with Crippen LogP contribution in [0, 0.1) is 5.92 Å². The molecule has 5 rings (SSSR count). The lowest BCUT2D eigenvalue weighted by Gasteiger charge is -2.37. The summed E-state index contributed by atoms with van der Waals surface area (Å²) in [6, 6.07) is 1.87. The van der Waals surface area contributed by atoms with Crippen molar-refractivity contribution in [3.63, 3.8) is 0 Å². The predicted octanol–water partition coefficient (Wildman–Crippen LogP) is 3.31. The Morgan fingerprint density at radius 1 is 1.05 bits per heavy atom. The van der Waals surface area contributed by atoms with Crippen LogP contribution < -0.4 is 4.90 Å². The van der Waals surface area contributed by atoms with Gasteiger partial charge >= 0.3 is 0 Å². The first-order valence-corrected chi connectivity index (χ1v) is 15.3. The molecular weight excluding hydrogens is 488 g/mol. The molecule has 2 aliphatic heterocycles. The van der Waals surface area contributed by atoms with Crippen LogP contribution in [0.2, 0.25) is 0 Å². The number of anilines is 1. The van der Waals surface area contributed by atoms with Crippen LogP contribution in [0.3, 0.4) is 0 Å². The zero-order valence-corrected chi connectivity index (χ0v) is 22.9. The van der Waals surface area contributed by atoms with E-state index in [9.17, 15) is 13.5 Å². The van der Waals surface area contributed by atoms with Gasteiger partial charge in [-0.2, -0.15) is 0 Å². The number of rotatable bonds is 7. The van der Waals surface area contributed by atoms with Gasteiger partial charge in [0.05, 0.1) is 29.4 Å². The Hall–Kier alpha value is -2.56. The van der Waals surface area contributed by atoms with E-state index < -0.39 is 15.4 Å². The van der Waals surface area contributed by atoms with E-state index in [-0.39, 0.29) is 5.75 Å². The Kier molecular flexibility index (Phi) is 7.26. The minimum absolute atomic E-state index is 0.0593. The topological polar surface area (TPSA) is 104 Å². The molecule has 5 heterocycles. The molecule has 0 unspecified atom stereocenters. The average molecular weight is 527 g/mol. The van der Waals surface area contributed by atoms with Gasteiger partial charge in [-0.25, -0.2) is 18.4 Å². The number of likely N-dealkylation sites (tertiary alicyclic amines) is 1. The van der Waals surface area contributed by atoms with Gasteiger partial charge in [0.25, 0.3) is 0 Å². The standard InChI is InChI=1S/C27H38N6O3S/c1-27(2,34)22-7-11-31(12-8-22)17-23-16-29-26-25(21-13-20(14-28-15-21)19-37(3,35)36)30-24(18-33(23)26)32-9-5-4-6-10-32/h13-16,18,22,34H,4-12,17,19H2,1-3H3. The number of piperidine rings is 2. The highest BCUT2D eigenvalue weighted by Crippen LogP contribution is 2.31. The predicted molar refractivity (Wildman–Crippen MR) is 145 cm³/mol. The number of aliphatic hydroxyl groups is 1. The van der Waals surface area contributed by atoms with Crippen LogP contribution >= 0.6 is 0 Å². The molecule has 0 aliphatic carbocycles. The highest BCUT2D eigenvalue weighted by molar-refractivity contribution is 7.89. The van der Waals surface area contributed by atoms with Gasteiger partial charge in [0.15, 0.2) is 15.5 Å². The number of nitrogens with zero attached hydrogens (tertiary/aromatic N) is 6. The quantitative estimate of drug-likeness (QED) is 0.500. The monoisotopic (exact) mass is 526 g/mol. The average Bonchev–Trinajstić information content (AvgIpc) is 3.25. The van der Waals surface area contributed by atoms with Crippen molar-refractivity contribution in [2.24, 2.45) is 5.92 Å². The summed E-state index contributed by atoms with van der Waals surface area (Å²) in [7, 11) is -3.18. The molecule has 200 valence electrons. The number of fused-ring (bicyclic) bond motifs is 1. The summed E-state index contributed by atoms with van der Waals surface area (Å²) in [5.41, 5.74) is 3.34. The van der Waals surface area contributed by atoms with E-state index >= 15 is 0 Å². The van der Waals surface area contributed by atoms with Crippen LogP contribution in [-0.2, 0) is 22.1 Å². The molecule has 9 nitrogen and oxygen atoms in total. The molecule has 0 amide bonds. The molecule has 0 aromatic carbocycles. The van der Waals surface area contributed by atoms with Crippen molar-refractivity contribution in [2.45, 2.75) is 63.9 Å². The van der Waals surface area contributed by atoms with Crippen LogP contribution in [0.4, 0.5) is 5.82 Å². The van der Waals surface area contributed by atoms with Crippen molar-refractivity contribution < 1.29 is 13.5 Å². The smallest absolute Gasteiger partial charge is 0.163 e. The lowest BCUT2D eigenvalue weighted by Crippen LogP contribution is -2.41. The van der Waals surface area contributed by atoms with Crippen LogP contribution in [-0.4, -0.2) is 75.8 Å². The van der Waals surface area contributed by atoms with E-state index in [2.05, 4.69) is 25.4 Å². The third-order valence-electron chi connectivity index (χ3n) is 7.71. The molecule has 10 heteroatoms. The maximum absolute atomic E-state index is 11.9. The molecule has 0 atom stereocenters. The van der Waals surface area contributed by atoms with Crippen molar-refractivity contribution in [1.29, 1.82) is 0 Å². The first-order valence-electron chi connectivity index (χ1n) is 13.3. The van der Waals surface area contributed by atoms with Crippen molar-refractivity contribution >= 4 is 21.3 Å². The van der Waals surface area contributed by atoms with Gasteiger partial charge in [0.2, 0.25) is 0 Å². The van der Waals surface area contributed by atoms with Crippen LogP contribution in [0.1, 0.15) is 57.2 Å². The maximum Gasteiger partial charge on any atom is 0.163 e. The largest absolute Gasteiger partial charge is 0.390 e. The van der Waals surface area contributed by atoms with Gasteiger partial charge in [-0.05, 0) is 76.6 Å². The first kappa shape index (κ1) is 26.1. The summed E-state index contributed by atoms with van der Waals surface area (Å²) in [6.07, 6.45) is 14.1. The first-order chi connectivity index (χ1) is 17.6. The van der Waals surface area contributed by atoms with Crippen molar-refractivity contribution in [3.8, 4) is 11.3 Å². The Labute approximate surface area is 219 Å². The summed E-state index contributed by atoms with van der Waals surface area (Å²) in [5.74, 6) is 1.17. The minimum Gasteiger partial charge on any atom is -0.390 e. The second kappa shape index (κ2) is 10.3. The molecule has 2 aliphatic rings. The fraction of sp³-hybridized carbons (Fsp3) is 0.593. The molecule has 37 heavy (non-hydrogen) atoms. The van der Waals surface area contributed by atoms with Gasteiger partial charge < -0.3 is 10.0 Å². The van der Waals surface area contributed by atoms with E-state index in [4.69, 9.17) is 9.97 Å². The summed E-state index contributed by atoms with van der Waals surface area (Å²) in [5, 5.41) is 10.4. The Morgan fingerprint density at radius 2 is 1.78 bits per heavy atom. The fourth-order valence-corrected chi connectivity index (χ4v) is 6.40. The number of hydrogen-bond donors (Lipinski definition) is 1. The SMILES string of the molecule is CC(C)(O)C1CCN(Cc2cnc3c(-c4cncc(CS(C)(=O)=O)c4)nc(N4CCCCC4)cn23)CC1. The lowest BCUT2D eigenvalue weighted by molar-refractivity contribution is -0.0137. The van der Waals surface area contributed by atoms with Crippen LogP contribution in [0.5, 0.6) is 0 Å². The van der Waals surface area contributed by atoms with E-state index in [0.29, 0.717) is 11.5 Å². The van der Waals surface area contributed by atoms with E-state index in [1.165, 1.54) is 12.7 Å². The Balaban J connectivity index is 1.50. The van der Waals surface area contributed by atoms with E-state index in [0.717, 1.165) is 86.8 Å². The van der Waals surface area contributed by atoms with Gasteiger partial charge in [0, 0.05) is 43.8 Å². The van der Waals surface area contributed by atoms with E-state index in [1.54, 1.807) is 12.4 Å². The molecule has 3 aromatic rings. The van der Waals surface area contributed by atoms with Crippen molar-refractivity contribution in [1.82, 2.24) is 24.3 Å². The van der Waals surface area contributed by atoms with Crippen molar-refractivity contribution in [2.75, 3.05) is 37.3 Å². The zero-order valence-electron chi connectivity index (χ0n) is 22.1. The number of sulfone groups is 1. The summed E-state index contributed by atoms with van der Waals surface area (Å²) in [6.45, 7) is 8.42. The highest BCUT2D eigenvalue weighted by atomic mass is 32.2. The van der Waals surface area contributed by atoms with Gasteiger partial charge in [-0.1, -0.05) is 0 Å². The second-order valence-corrected chi connectivity index (χ2v) is 13.4. The highest BCUT2D eigenvalue weighted by Gasteiger charge is 2.31. The second-order valence-electron chi connectivity index (χ2n) is 11.3. The van der Waals surface area contributed by atoms with Gasteiger partial charge in [-0.15, -0.1) is 0 Å². The molecule has 0 bridgehead atoms. The van der Waals surface area contributed by atoms with Crippen molar-refractivity contribution in [3.05, 3.63) is 42.1 Å².